The van der Waals surface area contributed by atoms with Gasteiger partial charge in [0.15, 0.2) is 0 Å². The van der Waals surface area contributed by atoms with Crippen LogP contribution >= 0.6 is 0 Å². The number of amides is 1. The number of nitrogens with zero attached hydrogens (tertiary/aromatic N) is 1. The van der Waals surface area contributed by atoms with Crippen LogP contribution in [0.4, 0.5) is 0 Å². The minimum atomic E-state index is -0.321. The fourth-order valence-corrected chi connectivity index (χ4v) is 2.31. The summed E-state index contributed by atoms with van der Waals surface area (Å²) in [6, 6.07) is 0. The number of hydrogen-bond donors (Lipinski definition) is 1. The summed E-state index contributed by atoms with van der Waals surface area (Å²) >= 11 is 0. The lowest BCUT2D eigenvalue weighted by atomic mass is 9.99. The molecule has 0 aromatic carbocycles. The second-order valence-corrected chi connectivity index (χ2v) is 4.87. The predicted octanol–water partition coefficient (Wildman–Crippen LogP) is 1.26. The maximum absolute atomic E-state index is 12.1. The quantitative estimate of drug-likeness (QED) is 0.762. The molecule has 0 spiro atoms. The third-order valence-electron chi connectivity index (χ3n) is 3.38. The molecule has 2 atom stereocenters. The first kappa shape index (κ1) is 14.5. The zero-order valence-electron chi connectivity index (χ0n) is 11.4. The summed E-state index contributed by atoms with van der Waals surface area (Å²) in [5.74, 6) is 0.725. The van der Waals surface area contributed by atoms with Crippen molar-refractivity contribution in [2.45, 2.75) is 39.2 Å². The zero-order valence-corrected chi connectivity index (χ0v) is 11.4. The first-order valence-corrected chi connectivity index (χ1v) is 6.71. The molecule has 1 rings (SSSR count). The lowest BCUT2D eigenvalue weighted by Gasteiger charge is -2.31. The second-order valence-electron chi connectivity index (χ2n) is 4.87. The number of hydrogen-bond acceptors (Lipinski definition) is 3. The molecule has 0 aromatic rings. The number of rotatable bonds is 6. The Hall–Kier alpha value is -0.610. The van der Waals surface area contributed by atoms with E-state index in [0.717, 1.165) is 32.6 Å². The fourth-order valence-electron chi connectivity index (χ4n) is 2.31. The van der Waals surface area contributed by atoms with E-state index >= 15 is 0 Å². The molecule has 1 amide bonds. The Bertz CT molecular complexity index is 227. The maximum atomic E-state index is 12.1. The van der Waals surface area contributed by atoms with E-state index in [1.165, 1.54) is 12.8 Å². The van der Waals surface area contributed by atoms with Gasteiger partial charge in [-0.15, -0.1) is 0 Å². The van der Waals surface area contributed by atoms with E-state index < -0.39 is 0 Å². The van der Waals surface area contributed by atoms with Gasteiger partial charge in [-0.25, -0.2) is 0 Å². The molecule has 4 nitrogen and oxygen atoms in total. The molecule has 1 saturated heterocycles. The van der Waals surface area contributed by atoms with Crippen LogP contribution < -0.4 is 5.32 Å². The highest BCUT2D eigenvalue weighted by Gasteiger charge is 2.23. The molecule has 1 aliphatic rings. The largest absolute Gasteiger partial charge is 0.372 e. The Balaban J connectivity index is 2.48. The van der Waals surface area contributed by atoms with E-state index in [1.54, 1.807) is 7.11 Å². The van der Waals surface area contributed by atoms with Crippen LogP contribution in [0, 0.1) is 5.92 Å². The molecular weight excluding hydrogens is 216 g/mol. The Kier molecular flexibility index (Phi) is 6.52. The van der Waals surface area contributed by atoms with Gasteiger partial charge in [0.2, 0.25) is 0 Å². The summed E-state index contributed by atoms with van der Waals surface area (Å²) in [6.07, 6.45) is 3.13. The van der Waals surface area contributed by atoms with Crippen molar-refractivity contribution in [1.82, 2.24) is 10.2 Å². The van der Waals surface area contributed by atoms with E-state index in [9.17, 15) is 4.79 Å². The van der Waals surface area contributed by atoms with Gasteiger partial charge >= 0.3 is 0 Å². The normalized spacial score (nSPS) is 22.2. The van der Waals surface area contributed by atoms with Crippen molar-refractivity contribution in [3.05, 3.63) is 0 Å². The highest BCUT2D eigenvalue weighted by molar-refractivity contribution is 5.80. The summed E-state index contributed by atoms with van der Waals surface area (Å²) in [4.78, 5) is 14.1. The molecule has 0 bridgehead atoms. The molecule has 1 aliphatic heterocycles. The Morgan fingerprint density at radius 3 is 2.88 bits per heavy atom. The third-order valence-corrected chi connectivity index (χ3v) is 3.38. The molecule has 0 aliphatic carbocycles. The average Bonchev–Trinajstić information content (AvgIpc) is 2.37. The van der Waals surface area contributed by atoms with E-state index in [1.807, 2.05) is 11.8 Å². The van der Waals surface area contributed by atoms with Crippen molar-refractivity contribution in [2.24, 2.45) is 5.92 Å². The van der Waals surface area contributed by atoms with Gasteiger partial charge in [0.1, 0.15) is 6.10 Å². The van der Waals surface area contributed by atoms with Crippen molar-refractivity contribution in [1.29, 1.82) is 0 Å². The average molecular weight is 242 g/mol. The summed E-state index contributed by atoms with van der Waals surface area (Å²) in [5.41, 5.74) is 0. The lowest BCUT2D eigenvalue weighted by Crippen LogP contribution is -2.45. The number of carbonyl (C=O) groups is 1. The van der Waals surface area contributed by atoms with Crippen molar-refractivity contribution >= 4 is 5.91 Å². The summed E-state index contributed by atoms with van der Waals surface area (Å²) < 4.78 is 5.12. The predicted molar refractivity (Wildman–Crippen MR) is 68.9 cm³/mol. The molecule has 100 valence electrons. The molecule has 0 radical (unpaired) electrons. The van der Waals surface area contributed by atoms with Gasteiger partial charge in [0, 0.05) is 20.2 Å². The van der Waals surface area contributed by atoms with Crippen LogP contribution in [-0.2, 0) is 9.53 Å². The van der Waals surface area contributed by atoms with E-state index in [-0.39, 0.29) is 12.0 Å². The fraction of sp³-hybridized carbons (Fsp3) is 0.923. The van der Waals surface area contributed by atoms with Gasteiger partial charge in [-0.05, 0) is 45.2 Å². The molecule has 1 heterocycles. The first-order valence-electron chi connectivity index (χ1n) is 6.71. The van der Waals surface area contributed by atoms with Crippen molar-refractivity contribution < 1.29 is 9.53 Å². The Morgan fingerprint density at radius 2 is 2.35 bits per heavy atom. The van der Waals surface area contributed by atoms with Crippen LogP contribution in [0.2, 0.25) is 0 Å². The molecule has 0 saturated carbocycles. The van der Waals surface area contributed by atoms with Gasteiger partial charge in [0.05, 0.1) is 0 Å². The van der Waals surface area contributed by atoms with Crippen LogP contribution in [0.15, 0.2) is 0 Å². The van der Waals surface area contributed by atoms with E-state index in [4.69, 9.17) is 4.74 Å². The molecule has 4 heteroatoms. The molecule has 2 unspecified atom stereocenters. The third kappa shape index (κ3) is 4.64. The van der Waals surface area contributed by atoms with Gasteiger partial charge in [-0.2, -0.15) is 0 Å². The van der Waals surface area contributed by atoms with Gasteiger partial charge < -0.3 is 15.0 Å². The number of nitrogens with one attached hydrogen (secondary N) is 1. The van der Waals surface area contributed by atoms with Crippen LogP contribution in [0.5, 0.6) is 0 Å². The number of ether oxygens (including phenoxy) is 1. The van der Waals surface area contributed by atoms with Crippen LogP contribution in [0.1, 0.15) is 33.1 Å². The minimum Gasteiger partial charge on any atom is -0.372 e. The second kappa shape index (κ2) is 7.67. The molecule has 1 N–H and O–H groups in total. The molecular formula is C13H26N2O2. The van der Waals surface area contributed by atoms with Gasteiger partial charge in [-0.3, -0.25) is 4.79 Å². The number of carbonyl (C=O) groups excluding carboxylic acids is 1. The van der Waals surface area contributed by atoms with Crippen LogP contribution in [-0.4, -0.2) is 50.2 Å². The van der Waals surface area contributed by atoms with E-state index in [2.05, 4.69) is 12.2 Å². The monoisotopic (exact) mass is 242 g/mol. The lowest BCUT2D eigenvalue weighted by molar-refractivity contribution is -0.141. The summed E-state index contributed by atoms with van der Waals surface area (Å²) in [5, 5.41) is 3.40. The zero-order chi connectivity index (χ0) is 12.7. The van der Waals surface area contributed by atoms with Crippen LogP contribution in [0.25, 0.3) is 0 Å². The minimum absolute atomic E-state index is 0.125. The van der Waals surface area contributed by atoms with Crippen molar-refractivity contribution in [3.8, 4) is 0 Å². The number of piperidine rings is 1. The maximum Gasteiger partial charge on any atom is 0.251 e. The number of methoxy groups -OCH3 is 1. The molecule has 0 aromatic heterocycles. The van der Waals surface area contributed by atoms with Gasteiger partial charge in [-0.1, -0.05) is 6.92 Å². The topological polar surface area (TPSA) is 41.6 Å². The smallest absolute Gasteiger partial charge is 0.251 e. The van der Waals surface area contributed by atoms with Crippen molar-refractivity contribution in [2.75, 3.05) is 33.3 Å². The highest BCUT2D eigenvalue weighted by atomic mass is 16.5. The molecule has 1 fully saturated rings. The molecule has 17 heavy (non-hydrogen) atoms. The Morgan fingerprint density at radius 1 is 1.59 bits per heavy atom. The summed E-state index contributed by atoms with van der Waals surface area (Å²) in [6.45, 7) is 7.79. The first-order chi connectivity index (χ1) is 8.19. The highest BCUT2D eigenvalue weighted by Crippen LogP contribution is 2.13. The van der Waals surface area contributed by atoms with Crippen molar-refractivity contribution in [3.63, 3.8) is 0 Å². The van der Waals surface area contributed by atoms with Crippen LogP contribution in [0.3, 0.4) is 0 Å². The Labute approximate surface area is 105 Å². The standard InChI is InChI=1S/C13H26N2O2/c1-4-8-15(13(16)11(2)17-3)10-12-6-5-7-14-9-12/h11-12,14H,4-10H2,1-3H3. The van der Waals surface area contributed by atoms with Gasteiger partial charge in [0.25, 0.3) is 5.91 Å². The summed E-state index contributed by atoms with van der Waals surface area (Å²) in [7, 11) is 1.59. The van der Waals surface area contributed by atoms with E-state index in [0.29, 0.717) is 5.92 Å². The SMILES string of the molecule is CCCN(CC1CCCNC1)C(=O)C(C)OC.